The molecular formula is C17H19N3O4. The molecule has 0 heterocycles. The fourth-order valence-electron chi connectivity index (χ4n) is 1.58. The summed E-state index contributed by atoms with van der Waals surface area (Å²) in [6, 6.07) is 10.2. The quantitative estimate of drug-likeness (QED) is 0.759. The number of nitrogens with one attached hydrogen (secondary N) is 1. The van der Waals surface area contributed by atoms with Crippen LogP contribution in [-0.4, -0.2) is 30.6 Å². The van der Waals surface area contributed by atoms with E-state index in [2.05, 4.69) is 5.32 Å². The molecule has 0 radical (unpaired) electrons. The molecule has 0 aliphatic heterocycles. The van der Waals surface area contributed by atoms with E-state index in [1.54, 1.807) is 45.0 Å². The fraction of sp³-hybridized carbons (Fsp3) is 0.412. The van der Waals surface area contributed by atoms with Crippen molar-refractivity contribution in [3.05, 3.63) is 29.8 Å². The standard InChI is InChI=1S/C17H19N3O4/c1-12(2)17(3,11-19)20-15(21)9-24-16(22)10-23-14-6-4-13(8-18)5-7-14/h4-7,12H,9-10H2,1-3H3,(H,20,21)/t17-/m1/s1. The first-order valence-electron chi connectivity index (χ1n) is 7.31. The molecule has 0 saturated heterocycles. The molecule has 0 aromatic heterocycles. The Hall–Kier alpha value is -3.06. The maximum Gasteiger partial charge on any atom is 0.344 e. The minimum Gasteiger partial charge on any atom is -0.482 e. The van der Waals surface area contributed by atoms with Crippen molar-refractivity contribution >= 4 is 11.9 Å². The fourth-order valence-corrected chi connectivity index (χ4v) is 1.58. The summed E-state index contributed by atoms with van der Waals surface area (Å²) in [5, 5.41) is 20.3. The maximum absolute atomic E-state index is 11.8. The summed E-state index contributed by atoms with van der Waals surface area (Å²) < 4.78 is 9.99. The van der Waals surface area contributed by atoms with E-state index in [4.69, 9.17) is 20.0 Å². The van der Waals surface area contributed by atoms with Crippen molar-refractivity contribution in [3.63, 3.8) is 0 Å². The van der Waals surface area contributed by atoms with E-state index in [9.17, 15) is 9.59 Å². The third kappa shape index (κ3) is 5.62. The maximum atomic E-state index is 11.8. The SMILES string of the molecule is CC(C)[C@@](C)(C#N)NC(=O)COC(=O)COc1ccc(C#N)cc1. The van der Waals surface area contributed by atoms with E-state index in [0.717, 1.165) is 0 Å². The van der Waals surface area contributed by atoms with Crippen molar-refractivity contribution in [1.82, 2.24) is 5.32 Å². The van der Waals surface area contributed by atoms with Crippen molar-refractivity contribution < 1.29 is 19.1 Å². The number of hydrogen-bond acceptors (Lipinski definition) is 6. The van der Waals surface area contributed by atoms with Crippen molar-refractivity contribution in [1.29, 1.82) is 10.5 Å². The summed E-state index contributed by atoms with van der Waals surface area (Å²) in [4.78, 5) is 23.3. The number of carbonyl (C=O) groups is 2. The smallest absolute Gasteiger partial charge is 0.344 e. The Morgan fingerprint density at radius 2 is 1.83 bits per heavy atom. The summed E-state index contributed by atoms with van der Waals surface area (Å²) in [6.07, 6.45) is 0. The molecule has 0 unspecified atom stereocenters. The second-order valence-electron chi connectivity index (χ2n) is 5.60. The number of ether oxygens (including phenoxy) is 2. The van der Waals surface area contributed by atoms with E-state index in [-0.39, 0.29) is 12.5 Å². The Morgan fingerprint density at radius 1 is 1.21 bits per heavy atom. The monoisotopic (exact) mass is 329 g/mol. The molecule has 24 heavy (non-hydrogen) atoms. The van der Waals surface area contributed by atoms with Crippen LogP contribution in [0, 0.1) is 28.6 Å². The lowest BCUT2D eigenvalue weighted by molar-refractivity contribution is -0.150. The molecule has 1 atom stereocenters. The average molecular weight is 329 g/mol. The summed E-state index contributed by atoms with van der Waals surface area (Å²) in [7, 11) is 0. The topological polar surface area (TPSA) is 112 Å². The third-order valence-corrected chi connectivity index (χ3v) is 3.49. The lowest BCUT2D eigenvalue weighted by Gasteiger charge is -2.27. The highest BCUT2D eigenvalue weighted by molar-refractivity contribution is 5.81. The Morgan fingerprint density at radius 3 is 2.33 bits per heavy atom. The van der Waals surface area contributed by atoms with Gasteiger partial charge in [-0.05, 0) is 37.1 Å². The lowest BCUT2D eigenvalue weighted by Crippen LogP contribution is -2.50. The largest absolute Gasteiger partial charge is 0.482 e. The van der Waals surface area contributed by atoms with Gasteiger partial charge in [-0.2, -0.15) is 10.5 Å². The number of esters is 1. The molecule has 1 amide bonds. The number of amides is 1. The number of hydrogen-bond donors (Lipinski definition) is 1. The number of nitrogens with zero attached hydrogens (tertiary/aromatic N) is 2. The van der Waals surface area contributed by atoms with Gasteiger partial charge in [0, 0.05) is 0 Å². The summed E-state index contributed by atoms with van der Waals surface area (Å²) in [5.41, 5.74) is -0.546. The zero-order valence-corrected chi connectivity index (χ0v) is 13.8. The highest BCUT2D eigenvalue weighted by Crippen LogP contribution is 2.15. The van der Waals surface area contributed by atoms with Crippen molar-refractivity contribution in [2.24, 2.45) is 5.92 Å². The number of carbonyl (C=O) groups excluding carboxylic acids is 2. The lowest BCUT2D eigenvalue weighted by atomic mass is 9.90. The first-order chi connectivity index (χ1) is 11.3. The van der Waals surface area contributed by atoms with Gasteiger partial charge in [-0.15, -0.1) is 0 Å². The number of benzene rings is 1. The van der Waals surface area contributed by atoms with Crippen LogP contribution in [0.2, 0.25) is 0 Å². The molecule has 7 nitrogen and oxygen atoms in total. The van der Waals surface area contributed by atoms with Crippen LogP contribution in [0.5, 0.6) is 5.75 Å². The third-order valence-electron chi connectivity index (χ3n) is 3.49. The molecular weight excluding hydrogens is 310 g/mol. The minimum atomic E-state index is -1.03. The second-order valence-corrected chi connectivity index (χ2v) is 5.60. The van der Waals surface area contributed by atoms with Gasteiger partial charge in [0.1, 0.15) is 11.3 Å². The molecule has 7 heteroatoms. The molecule has 1 aromatic carbocycles. The van der Waals surface area contributed by atoms with Crippen LogP contribution in [0.25, 0.3) is 0 Å². The van der Waals surface area contributed by atoms with Gasteiger partial charge in [-0.25, -0.2) is 4.79 Å². The molecule has 0 aliphatic carbocycles. The van der Waals surface area contributed by atoms with E-state index >= 15 is 0 Å². The summed E-state index contributed by atoms with van der Waals surface area (Å²) in [6.45, 7) is 4.37. The molecule has 0 spiro atoms. The molecule has 1 rings (SSSR count). The predicted molar refractivity (Wildman–Crippen MR) is 84.6 cm³/mol. The Bertz CT molecular complexity index is 671. The van der Waals surface area contributed by atoms with Crippen LogP contribution < -0.4 is 10.1 Å². The first-order valence-corrected chi connectivity index (χ1v) is 7.31. The van der Waals surface area contributed by atoms with E-state index in [1.807, 2.05) is 12.1 Å². The van der Waals surface area contributed by atoms with Crippen LogP contribution >= 0.6 is 0 Å². The van der Waals surface area contributed by atoms with Gasteiger partial charge in [0.05, 0.1) is 17.7 Å². The molecule has 126 valence electrons. The van der Waals surface area contributed by atoms with Crippen LogP contribution in [0.3, 0.4) is 0 Å². The summed E-state index contributed by atoms with van der Waals surface area (Å²) in [5.74, 6) is -0.952. The Labute approximate surface area is 140 Å². The Balaban J connectivity index is 2.39. The number of rotatable bonds is 7. The molecule has 0 aliphatic rings. The van der Waals surface area contributed by atoms with Crippen LogP contribution in [-0.2, 0) is 14.3 Å². The van der Waals surface area contributed by atoms with Gasteiger partial charge in [0.2, 0.25) is 0 Å². The number of nitriles is 2. The predicted octanol–water partition coefficient (Wildman–Crippen LogP) is 1.53. The Kier molecular flexibility index (Phi) is 6.76. The van der Waals surface area contributed by atoms with Crippen molar-refractivity contribution in [2.45, 2.75) is 26.3 Å². The van der Waals surface area contributed by atoms with E-state index in [0.29, 0.717) is 11.3 Å². The van der Waals surface area contributed by atoms with Crippen molar-refractivity contribution in [3.8, 4) is 17.9 Å². The van der Waals surface area contributed by atoms with Gasteiger partial charge in [-0.3, -0.25) is 4.79 Å². The molecule has 1 N–H and O–H groups in total. The molecule has 0 bridgehead atoms. The minimum absolute atomic E-state index is 0.0955. The highest BCUT2D eigenvalue weighted by Gasteiger charge is 2.30. The zero-order chi connectivity index (χ0) is 18.2. The second kappa shape index (κ2) is 8.54. The van der Waals surface area contributed by atoms with Gasteiger partial charge < -0.3 is 14.8 Å². The molecule has 0 fully saturated rings. The zero-order valence-electron chi connectivity index (χ0n) is 13.8. The van der Waals surface area contributed by atoms with Gasteiger partial charge in [0.15, 0.2) is 13.2 Å². The van der Waals surface area contributed by atoms with Gasteiger partial charge >= 0.3 is 5.97 Å². The molecule has 0 saturated carbocycles. The van der Waals surface area contributed by atoms with Crippen LogP contribution in [0.4, 0.5) is 0 Å². The summed E-state index contributed by atoms with van der Waals surface area (Å²) >= 11 is 0. The van der Waals surface area contributed by atoms with E-state index in [1.165, 1.54) is 0 Å². The van der Waals surface area contributed by atoms with Crippen LogP contribution in [0.15, 0.2) is 24.3 Å². The van der Waals surface area contributed by atoms with Crippen molar-refractivity contribution in [2.75, 3.05) is 13.2 Å². The normalized spacial score (nSPS) is 12.4. The first kappa shape index (κ1) is 19.0. The highest BCUT2D eigenvalue weighted by atomic mass is 16.6. The average Bonchev–Trinajstić information content (AvgIpc) is 2.58. The van der Waals surface area contributed by atoms with Gasteiger partial charge in [-0.1, -0.05) is 13.8 Å². The van der Waals surface area contributed by atoms with Crippen LogP contribution in [0.1, 0.15) is 26.3 Å². The van der Waals surface area contributed by atoms with E-state index < -0.39 is 24.0 Å². The van der Waals surface area contributed by atoms with Gasteiger partial charge in [0.25, 0.3) is 5.91 Å². The molecule has 1 aromatic rings.